The van der Waals surface area contributed by atoms with Gasteiger partial charge in [-0.2, -0.15) is 0 Å². The zero-order valence-electron chi connectivity index (χ0n) is 53.5. The summed E-state index contributed by atoms with van der Waals surface area (Å²) in [6.07, 6.45) is 2.53. The maximum absolute atomic E-state index is 16.1. The molecular formula is C68H84N12O12. The smallest absolute Gasteiger partial charge is 0.328 e. The second kappa shape index (κ2) is 27.9. The Balaban J connectivity index is 1.23. The summed E-state index contributed by atoms with van der Waals surface area (Å²) in [6, 6.07) is 19.1. The minimum absolute atomic E-state index is 0.119. The van der Waals surface area contributed by atoms with Crippen LogP contribution in [0.5, 0.6) is 0 Å². The average Bonchev–Trinajstić information content (AvgIpc) is 1.57. The van der Waals surface area contributed by atoms with Gasteiger partial charge in [-0.3, -0.25) is 57.9 Å². The number of rotatable bonds is 18. The van der Waals surface area contributed by atoms with Crippen LogP contribution >= 0.6 is 0 Å². The number of carbonyl (C=O) groups excluding carboxylic acids is 12. The van der Waals surface area contributed by atoms with Crippen LogP contribution in [-0.2, 0) is 62.8 Å². The zero-order chi connectivity index (χ0) is 66.5. The fourth-order valence-corrected chi connectivity index (χ4v) is 13.7. The minimum Gasteiger partial charge on any atom is -0.331 e. The summed E-state index contributed by atoms with van der Waals surface area (Å²) < 4.78 is 0. The topological polar surface area (TPSA) is 244 Å². The maximum Gasteiger partial charge on any atom is 0.328 e. The Bertz CT molecular complexity index is 3400. The van der Waals surface area contributed by atoms with Crippen LogP contribution in [-0.4, -0.2) is 238 Å². The number of nitrogens with zero attached hydrogens (tertiary/aromatic N) is 12. The van der Waals surface area contributed by atoms with Crippen LogP contribution in [0.3, 0.4) is 0 Å². The lowest BCUT2D eigenvalue weighted by Crippen LogP contribution is -2.63. The molecule has 3 aromatic carbocycles. The van der Waals surface area contributed by atoms with E-state index in [4.69, 9.17) is 0 Å². The predicted octanol–water partition coefficient (Wildman–Crippen LogP) is 4.63. The zero-order valence-corrected chi connectivity index (χ0v) is 53.5. The molecule has 0 aliphatic carbocycles. The van der Waals surface area contributed by atoms with Gasteiger partial charge in [0.1, 0.15) is 29.2 Å². The molecule has 6 heterocycles. The van der Waals surface area contributed by atoms with Gasteiger partial charge in [0.15, 0.2) is 0 Å². The summed E-state index contributed by atoms with van der Waals surface area (Å²) in [5.41, 5.74) is -1.99. The van der Waals surface area contributed by atoms with Crippen molar-refractivity contribution in [1.29, 1.82) is 0 Å². The van der Waals surface area contributed by atoms with Gasteiger partial charge in [0.05, 0.1) is 65.4 Å². The fourth-order valence-electron chi connectivity index (χ4n) is 13.7. The highest BCUT2D eigenvalue weighted by molar-refractivity contribution is 6.10. The molecular weight excluding hydrogens is 1180 g/mol. The Morgan fingerprint density at radius 3 is 1.10 bits per heavy atom. The Morgan fingerprint density at radius 2 is 0.750 bits per heavy atom. The third-order valence-electron chi connectivity index (χ3n) is 17.8. The second-order valence-electron chi connectivity index (χ2n) is 26.0. The number of benzene rings is 3. The van der Waals surface area contributed by atoms with Crippen molar-refractivity contribution in [2.24, 2.45) is 17.8 Å². The molecule has 488 valence electrons. The molecule has 2 spiro atoms. The van der Waals surface area contributed by atoms with Crippen molar-refractivity contribution in [3.63, 3.8) is 0 Å². The van der Waals surface area contributed by atoms with Gasteiger partial charge in [0, 0.05) is 52.1 Å². The highest BCUT2D eigenvalue weighted by Gasteiger charge is 2.66. The molecule has 0 saturated carbocycles. The molecule has 0 bridgehead atoms. The van der Waals surface area contributed by atoms with Crippen molar-refractivity contribution < 1.29 is 57.5 Å². The van der Waals surface area contributed by atoms with E-state index in [0.29, 0.717) is 16.7 Å². The fraction of sp³-hybridized carbons (Fsp3) is 0.471. The first-order chi connectivity index (χ1) is 43.9. The van der Waals surface area contributed by atoms with Crippen LogP contribution in [0, 0.1) is 17.8 Å². The monoisotopic (exact) mass is 1260 g/mol. The first kappa shape index (κ1) is 66.9. The number of amides is 15. The molecule has 0 radical (unpaired) electrons. The third-order valence-corrected chi connectivity index (χ3v) is 17.8. The summed E-state index contributed by atoms with van der Waals surface area (Å²) >= 11 is 0. The normalized spacial score (nSPS) is 24.2. The molecule has 0 N–H and O–H groups in total. The number of urea groups is 3. The molecule has 0 aromatic heterocycles. The quantitative estimate of drug-likeness (QED) is 0.125. The highest BCUT2D eigenvalue weighted by Crippen LogP contribution is 2.43. The summed E-state index contributed by atoms with van der Waals surface area (Å²) in [5, 5.41) is 0. The van der Waals surface area contributed by atoms with Crippen LogP contribution < -0.4 is 0 Å². The molecule has 0 unspecified atom stereocenters. The van der Waals surface area contributed by atoms with Crippen LogP contribution in [0.15, 0.2) is 129 Å². The number of carbonyl (C=O) groups is 12. The maximum atomic E-state index is 16.1. The van der Waals surface area contributed by atoms with Crippen LogP contribution in [0.25, 0.3) is 0 Å². The number of fused-ring (bicyclic) bond motifs is 3. The highest BCUT2D eigenvalue weighted by atomic mass is 16.2. The summed E-state index contributed by atoms with van der Waals surface area (Å²) in [6.45, 7) is 16.8. The van der Waals surface area contributed by atoms with E-state index in [1.807, 2.05) is 0 Å². The van der Waals surface area contributed by atoms with Gasteiger partial charge in [0.2, 0.25) is 41.4 Å². The molecule has 15 amide bonds. The Hall–Kier alpha value is -9.48. The largest absolute Gasteiger partial charge is 0.331 e. The van der Waals surface area contributed by atoms with Crippen LogP contribution in [0.1, 0.15) is 77.5 Å². The molecule has 6 saturated heterocycles. The molecule has 24 heteroatoms. The molecule has 5 atom stereocenters. The SMILES string of the molecule is C=CCN1CN2C(=O)CN(CC(C)C)C(=O)[C@@H]3C[C@]4(CN3C(=O)CN(CC(C)C)C(=O)[C@@H]3C[C@]5(CN3C(=O)CN(CC(C)C)C(=O)[C@@H]2CC(=O)N(Cc2ccccc2)C1=O)C(=O)N(Cc1ccccc1)C(=O)N5CC=C)C(=O)N(Cc1ccccc1)C(=O)N4CC=C. The van der Waals surface area contributed by atoms with Crippen molar-refractivity contribution in [3.8, 4) is 0 Å². The van der Waals surface area contributed by atoms with Crippen molar-refractivity contribution >= 4 is 71.3 Å². The predicted molar refractivity (Wildman–Crippen MR) is 338 cm³/mol. The van der Waals surface area contributed by atoms with Crippen molar-refractivity contribution in [2.45, 2.75) is 110 Å². The number of hydrogen-bond donors (Lipinski definition) is 0. The Labute approximate surface area is 537 Å². The van der Waals surface area contributed by atoms with Crippen molar-refractivity contribution in [2.75, 3.05) is 78.7 Å². The van der Waals surface area contributed by atoms with E-state index in [9.17, 15) is 14.4 Å². The average molecular weight is 1260 g/mol. The van der Waals surface area contributed by atoms with Crippen LogP contribution in [0.2, 0.25) is 0 Å². The minimum atomic E-state index is -1.90. The van der Waals surface area contributed by atoms with Gasteiger partial charge < -0.3 is 44.1 Å². The van der Waals surface area contributed by atoms with E-state index in [1.165, 1.54) is 52.5 Å². The van der Waals surface area contributed by atoms with Gasteiger partial charge in [-0.25, -0.2) is 14.4 Å². The summed E-state index contributed by atoms with van der Waals surface area (Å²) in [7, 11) is 0. The Kier molecular flexibility index (Phi) is 20.3. The van der Waals surface area contributed by atoms with E-state index in [-0.39, 0.29) is 76.7 Å². The molecule has 6 aliphatic heterocycles. The van der Waals surface area contributed by atoms with E-state index < -0.39 is 159 Å². The number of imide groups is 3. The summed E-state index contributed by atoms with van der Waals surface area (Å²) in [4.78, 5) is 200. The first-order valence-corrected chi connectivity index (χ1v) is 31.4. The molecule has 92 heavy (non-hydrogen) atoms. The first-order valence-electron chi connectivity index (χ1n) is 31.4. The van der Waals surface area contributed by atoms with Crippen molar-refractivity contribution in [1.82, 2.24) is 58.8 Å². The van der Waals surface area contributed by atoms with Gasteiger partial charge in [-0.1, -0.05) is 151 Å². The molecule has 3 aromatic rings. The lowest BCUT2D eigenvalue weighted by molar-refractivity contribution is -0.157. The molecule has 24 nitrogen and oxygen atoms in total. The number of hydrogen-bond acceptors (Lipinski definition) is 12. The van der Waals surface area contributed by atoms with E-state index in [1.54, 1.807) is 133 Å². The second-order valence-corrected chi connectivity index (χ2v) is 26.0. The van der Waals surface area contributed by atoms with Gasteiger partial charge in [0.25, 0.3) is 11.8 Å². The van der Waals surface area contributed by atoms with Crippen molar-refractivity contribution in [3.05, 3.63) is 146 Å². The Morgan fingerprint density at radius 1 is 0.413 bits per heavy atom. The van der Waals surface area contributed by atoms with E-state index in [0.717, 1.165) is 24.5 Å². The van der Waals surface area contributed by atoms with E-state index >= 15 is 43.2 Å². The van der Waals surface area contributed by atoms with Gasteiger partial charge >= 0.3 is 18.1 Å². The lowest BCUT2D eigenvalue weighted by atomic mass is 9.93. The summed E-state index contributed by atoms with van der Waals surface area (Å²) in [5.74, 6) is -8.47. The standard InChI is InChI=1S/C68H84N12O12/c1-10-28-69-45-78-52(31-55(81)73(64(69)90)37-49-22-16-13-17-23-49)59(85)70(34-46(4)5)40-56(82)76-43-67(62(88)74(65(91)79(67)29-11-2)38-50-24-18-14-19-25-50)32-53(76)60(86)71(35-47(6)7)41-57(83)77-44-68(33-54(77)61(87)72(36-48(8)9)42-58(78)84)63(89)75(66(92)80(68)30-12-3)39-51-26-20-15-21-27-51/h10-27,46-48,52-54H,1-3,28-45H2,4-9H3/t52-,53-,54-,67-,68-/m0/s1. The molecule has 6 fully saturated rings. The molecule has 6 aliphatic rings. The lowest BCUT2D eigenvalue weighted by Gasteiger charge is -2.42. The van der Waals surface area contributed by atoms with Gasteiger partial charge in [-0.05, 0) is 34.4 Å². The molecule has 9 rings (SSSR count). The van der Waals surface area contributed by atoms with Gasteiger partial charge in [-0.15, -0.1) is 19.7 Å². The van der Waals surface area contributed by atoms with Crippen LogP contribution in [0.4, 0.5) is 14.4 Å². The third kappa shape index (κ3) is 13.3. The van der Waals surface area contributed by atoms with E-state index in [2.05, 4.69) is 19.7 Å².